The van der Waals surface area contributed by atoms with Gasteiger partial charge in [-0.3, -0.25) is 9.59 Å². The van der Waals surface area contributed by atoms with Crippen molar-refractivity contribution in [3.63, 3.8) is 0 Å². The third kappa shape index (κ3) is 2.91. The molecule has 1 fully saturated rings. The summed E-state index contributed by atoms with van der Waals surface area (Å²) in [6, 6.07) is 9.72. The molecule has 1 N–H and O–H groups in total. The topological polar surface area (TPSA) is 80.0 Å². The number of ether oxygens (including phenoxy) is 1. The Morgan fingerprint density at radius 2 is 1.93 bits per heavy atom. The Bertz CT molecular complexity index is 1220. The van der Waals surface area contributed by atoms with Gasteiger partial charge in [0.2, 0.25) is 5.76 Å². The summed E-state index contributed by atoms with van der Waals surface area (Å²) in [4.78, 5) is 28.6. The largest absolute Gasteiger partial charge is 0.508 e. The highest BCUT2D eigenvalue weighted by Crippen LogP contribution is 2.39. The van der Waals surface area contributed by atoms with Crippen molar-refractivity contribution in [1.29, 1.82) is 0 Å². The molecule has 154 valence electrons. The van der Waals surface area contributed by atoms with E-state index in [4.69, 9.17) is 9.15 Å². The van der Waals surface area contributed by atoms with Gasteiger partial charge in [0.25, 0.3) is 5.91 Å². The fourth-order valence-corrected chi connectivity index (χ4v) is 4.51. The van der Waals surface area contributed by atoms with Gasteiger partial charge in [-0.05, 0) is 67.6 Å². The number of aromatic hydroxyl groups is 1. The number of rotatable bonds is 3. The van der Waals surface area contributed by atoms with Gasteiger partial charge in [-0.25, -0.2) is 0 Å². The fourth-order valence-electron chi connectivity index (χ4n) is 4.51. The summed E-state index contributed by atoms with van der Waals surface area (Å²) in [7, 11) is 0. The maximum absolute atomic E-state index is 13.5. The SMILES string of the molecule is Cc1cc2oc3c(c(=O)c2cc1C)[C@@H](c1cccc(O)c1)N(C[C@@H]1CCCO1)C3=O. The number of amides is 1. The number of phenols is 1. The van der Waals surface area contributed by atoms with Crippen molar-refractivity contribution in [1.82, 2.24) is 4.90 Å². The van der Waals surface area contributed by atoms with E-state index in [1.807, 2.05) is 32.0 Å². The van der Waals surface area contributed by atoms with Crippen LogP contribution in [0.25, 0.3) is 11.0 Å². The van der Waals surface area contributed by atoms with Gasteiger partial charge in [0, 0.05) is 13.2 Å². The lowest BCUT2D eigenvalue weighted by molar-refractivity contribution is 0.0486. The Morgan fingerprint density at radius 1 is 1.13 bits per heavy atom. The second kappa shape index (κ2) is 6.99. The molecule has 1 amide bonds. The van der Waals surface area contributed by atoms with E-state index in [1.54, 1.807) is 23.1 Å². The molecule has 2 aliphatic rings. The van der Waals surface area contributed by atoms with Gasteiger partial charge in [-0.15, -0.1) is 0 Å². The summed E-state index contributed by atoms with van der Waals surface area (Å²) in [5, 5.41) is 10.5. The highest BCUT2D eigenvalue weighted by Gasteiger charge is 2.44. The van der Waals surface area contributed by atoms with E-state index < -0.39 is 6.04 Å². The summed E-state index contributed by atoms with van der Waals surface area (Å²) in [6.45, 7) is 4.94. The van der Waals surface area contributed by atoms with Crippen molar-refractivity contribution >= 4 is 16.9 Å². The molecule has 2 aliphatic heterocycles. The number of phenolic OH excluding ortho intramolecular Hbond substituents is 1. The minimum Gasteiger partial charge on any atom is -0.508 e. The van der Waals surface area contributed by atoms with Gasteiger partial charge < -0.3 is 19.2 Å². The first-order chi connectivity index (χ1) is 14.4. The smallest absolute Gasteiger partial charge is 0.291 e. The Labute approximate surface area is 173 Å². The van der Waals surface area contributed by atoms with Crippen molar-refractivity contribution < 1.29 is 19.1 Å². The molecule has 0 spiro atoms. The van der Waals surface area contributed by atoms with Crippen LogP contribution in [-0.4, -0.2) is 35.2 Å². The van der Waals surface area contributed by atoms with Crippen molar-refractivity contribution in [2.24, 2.45) is 0 Å². The zero-order chi connectivity index (χ0) is 21.0. The van der Waals surface area contributed by atoms with E-state index in [0.717, 1.165) is 24.0 Å². The van der Waals surface area contributed by atoms with E-state index in [2.05, 4.69) is 0 Å². The first-order valence-corrected chi connectivity index (χ1v) is 10.2. The number of benzene rings is 2. The van der Waals surface area contributed by atoms with E-state index in [1.165, 1.54) is 0 Å². The molecule has 3 heterocycles. The van der Waals surface area contributed by atoms with Crippen LogP contribution in [0.3, 0.4) is 0 Å². The quantitative estimate of drug-likeness (QED) is 0.716. The average molecular weight is 405 g/mol. The molecule has 2 atom stereocenters. The van der Waals surface area contributed by atoms with Crippen LogP contribution in [0, 0.1) is 13.8 Å². The minimum absolute atomic E-state index is 0.0721. The van der Waals surface area contributed by atoms with E-state index in [-0.39, 0.29) is 28.9 Å². The molecular formula is C24H23NO5. The molecule has 0 aliphatic carbocycles. The Kier molecular flexibility index (Phi) is 4.40. The van der Waals surface area contributed by atoms with Gasteiger partial charge in [0.15, 0.2) is 5.43 Å². The molecule has 1 saturated heterocycles. The molecule has 6 nitrogen and oxygen atoms in total. The molecule has 1 aromatic heterocycles. The summed E-state index contributed by atoms with van der Waals surface area (Å²) < 4.78 is 11.8. The highest BCUT2D eigenvalue weighted by molar-refractivity contribution is 5.99. The number of carbonyl (C=O) groups excluding carboxylic acids is 1. The van der Waals surface area contributed by atoms with Gasteiger partial charge in [0.05, 0.1) is 23.1 Å². The molecule has 30 heavy (non-hydrogen) atoms. The molecule has 2 aromatic carbocycles. The number of carbonyl (C=O) groups is 1. The summed E-state index contributed by atoms with van der Waals surface area (Å²) in [6.07, 6.45) is 1.75. The zero-order valence-corrected chi connectivity index (χ0v) is 17.0. The maximum Gasteiger partial charge on any atom is 0.291 e. The average Bonchev–Trinajstić information content (AvgIpc) is 3.32. The zero-order valence-electron chi connectivity index (χ0n) is 17.0. The standard InChI is InChI=1S/C24H23NO5/c1-13-9-18-19(10-14(13)2)30-23-20(22(18)27)21(15-5-3-6-16(26)11-15)25(24(23)28)12-17-7-4-8-29-17/h3,5-6,9-11,17,21,26H,4,7-8,12H2,1-2H3/t17-,21+/m0/s1. The number of hydrogen-bond donors (Lipinski definition) is 1. The lowest BCUT2D eigenvalue weighted by atomic mass is 9.97. The first-order valence-electron chi connectivity index (χ1n) is 10.2. The van der Waals surface area contributed by atoms with Gasteiger partial charge >= 0.3 is 0 Å². The van der Waals surface area contributed by atoms with Crippen LogP contribution in [-0.2, 0) is 4.74 Å². The van der Waals surface area contributed by atoms with Crippen LogP contribution in [0.5, 0.6) is 5.75 Å². The molecular weight excluding hydrogens is 382 g/mol. The lowest BCUT2D eigenvalue weighted by Gasteiger charge is -2.27. The van der Waals surface area contributed by atoms with Crippen LogP contribution < -0.4 is 5.43 Å². The third-order valence-corrected chi connectivity index (χ3v) is 6.19. The monoisotopic (exact) mass is 405 g/mol. The normalized spacial score (nSPS) is 20.9. The Hall–Kier alpha value is -3.12. The Morgan fingerprint density at radius 3 is 2.67 bits per heavy atom. The highest BCUT2D eigenvalue weighted by atomic mass is 16.5. The van der Waals surface area contributed by atoms with Crippen molar-refractivity contribution in [3.8, 4) is 5.75 Å². The first kappa shape index (κ1) is 18.9. The number of aryl methyl sites for hydroxylation is 2. The summed E-state index contributed by atoms with van der Waals surface area (Å²) >= 11 is 0. The summed E-state index contributed by atoms with van der Waals surface area (Å²) in [5.74, 6) is -0.143. The molecule has 0 bridgehead atoms. The predicted octanol–water partition coefficient (Wildman–Crippen LogP) is 3.84. The number of fused-ring (bicyclic) bond motifs is 2. The maximum atomic E-state index is 13.5. The lowest BCUT2D eigenvalue weighted by Crippen LogP contribution is -2.36. The van der Waals surface area contributed by atoms with Gasteiger partial charge in [0.1, 0.15) is 11.3 Å². The van der Waals surface area contributed by atoms with Crippen molar-refractivity contribution in [3.05, 3.63) is 74.6 Å². The van der Waals surface area contributed by atoms with E-state index >= 15 is 0 Å². The van der Waals surface area contributed by atoms with Crippen LogP contribution in [0.1, 0.15) is 51.7 Å². The minimum atomic E-state index is -0.619. The third-order valence-electron chi connectivity index (χ3n) is 6.19. The second-order valence-electron chi connectivity index (χ2n) is 8.20. The molecule has 0 unspecified atom stereocenters. The van der Waals surface area contributed by atoms with E-state index in [9.17, 15) is 14.7 Å². The number of hydrogen-bond acceptors (Lipinski definition) is 5. The summed E-state index contributed by atoms with van der Waals surface area (Å²) in [5.41, 5.74) is 3.21. The van der Waals surface area contributed by atoms with Gasteiger partial charge in [-0.2, -0.15) is 0 Å². The molecule has 5 rings (SSSR count). The van der Waals surface area contributed by atoms with Crippen molar-refractivity contribution in [2.45, 2.75) is 38.8 Å². The fraction of sp³-hybridized carbons (Fsp3) is 0.333. The van der Waals surface area contributed by atoms with Crippen LogP contribution in [0.15, 0.2) is 45.6 Å². The molecule has 0 saturated carbocycles. The predicted molar refractivity (Wildman–Crippen MR) is 112 cm³/mol. The van der Waals surface area contributed by atoms with Crippen LogP contribution in [0.2, 0.25) is 0 Å². The second-order valence-corrected chi connectivity index (χ2v) is 8.20. The van der Waals surface area contributed by atoms with Crippen LogP contribution in [0.4, 0.5) is 0 Å². The Balaban J connectivity index is 1.73. The molecule has 3 aromatic rings. The van der Waals surface area contributed by atoms with Gasteiger partial charge in [-0.1, -0.05) is 12.1 Å². The molecule has 6 heteroatoms. The molecule has 0 radical (unpaired) electrons. The number of nitrogens with zero attached hydrogens (tertiary/aromatic N) is 1. The van der Waals surface area contributed by atoms with Crippen LogP contribution >= 0.6 is 0 Å². The van der Waals surface area contributed by atoms with Crippen molar-refractivity contribution in [2.75, 3.05) is 13.2 Å². The van der Waals surface area contributed by atoms with E-state index in [0.29, 0.717) is 35.2 Å².